The van der Waals surface area contributed by atoms with Crippen LogP contribution in [0, 0.1) is 0 Å². The van der Waals surface area contributed by atoms with Gasteiger partial charge in [-0.1, -0.05) is 18.0 Å². The van der Waals surface area contributed by atoms with Crippen molar-refractivity contribution in [3.05, 3.63) is 28.6 Å². The fraction of sp³-hybridized carbons (Fsp3) is 0.545. The molecule has 0 aromatic carbocycles. The Hall–Kier alpha value is -1.21. The van der Waals surface area contributed by atoms with Crippen molar-refractivity contribution < 1.29 is 4.52 Å². The van der Waals surface area contributed by atoms with Crippen molar-refractivity contribution >= 4 is 15.9 Å². The molecule has 0 aliphatic heterocycles. The quantitative estimate of drug-likeness (QED) is 0.934. The number of hydrogen-bond donors (Lipinski definition) is 1. The van der Waals surface area contributed by atoms with Crippen LogP contribution in [0.2, 0.25) is 0 Å². The summed E-state index contributed by atoms with van der Waals surface area (Å²) in [6.07, 6.45) is 7.70. The predicted octanol–water partition coefficient (Wildman–Crippen LogP) is 1.80. The first-order valence-electron chi connectivity index (χ1n) is 5.96. The van der Waals surface area contributed by atoms with Crippen molar-refractivity contribution in [3.63, 3.8) is 0 Å². The highest BCUT2D eigenvalue weighted by Crippen LogP contribution is 2.34. The number of halogens is 1. The van der Waals surface area contributed by atoms with E-state index in [1.165, 1.54) is 0 Å². The zero-order valence-corrected chi connectivity index (χ0v) is 11.4. The minimum absolute atomic E-state index is 0.396. The predicted molar refractivity (Wildman–Crippen MR) is 67.7 cm³/mol. The number of rotatable bonds is 3. The molecule has 0 radical (unpaired) electrons. The molecule has 0 atom stereocenters. The van der Waals surface area contributed by atoms with Gasteiger partial charge < -0.3 is 10.3 Å². The summed E-state index contributed by atoms with van der Waals surface area (Å²) in [6, 6.07) is 0. The molecule has 2 heterocycles. The van der Waals surface area contributed by atoms with Crippen molar-refractivity contribution in [3.8, 4) is 0 Å². The third kappa shape index (κ3) is 2.20. The lowest BCUT2D eigenvalue weighted by molar-refractivity contribution is 0.341. The fourth-order valence-corrected chi connectivity index (χ4v) is 2.64. The molecule has 7 heteroatoms. The minimum Gasteiger partial charge on any atom is -0.337 e. The average Bonchev–Trinajstić information content (AvgIpc) is 3.02. The second kappa shape index (κ2) is 4.47. The van der Waals surface area contributed by atoms with Crippen LogP contribution in [-0.2, 0) is 12.1 Å². The zero-order valence-electron chi connectivity index (χ0n) is 9.84. The van der Waals surface area contributed by atoms with Crippen LogP contribution >= 0.6 is 15.9 Å². The van der Waals surface area contributed by atoms with Crippen molar-refractivity contribution in [1.82, 2.24) is 19.9 Å². The third-order valence-corrected chi connectivity index (χ3v) is 3.72. The van der Waals surface area contributed by atoms with Gasteiger partial charge in [0.2, 0.25) is 5.89 Å². The van der Waals surface area contributed by atoms with E-state index in [9.17, 15) is 0 Å². The molecule has 1 aliphatic carbocycles. The number of hydrogen-bond acceptors (Lipinski definition) is 5. The van der Waals surface area contributed by atoms with Crippen molar-refractivity contribution in [1.29, 1.82) is 0 Å². The van der Waals surface area contributed by atoms with Gasteiger partial charge in [0.25, 0.3) is 0 Å². The van der Waals surface area contributed by atoms with Gasteiger partial charge in [-0.25, -0.2) is 0 Å². The van der Waals surface area contributed by atoms with E-state index in [0.29, 0.717) is 18.3 Å². The Morgan fingerprint density at radius 3 is 2.89 bits per heavy atom. The first kappa shape index (κ1) is 11.9. The Bertz CT molecular complexity index is 543. The molecule has 2 N–H and O–H groups in total. The maximum atomic E-state index is 6.28. The average molecular weight is 312 g/mol. The van der Waals surface area contributed by atoms with E-state index in [1.54, 1.807) is 10.9 Å². The Kier molecular flexibility index (Phi) is 2.95. The highest BCUT2D eigenvalue weighted by Gasteiger charge is 2.35. The van der Waals surface area contributed by atoms with E-state index in [4.69, 9.17) is 10.3 Å². The standard InChI is InChI=1S/C11H14BrN5O/c12-8-5-14-17(6-8)7-9-15-10(16-18-9)11(13)3-1-2-4-11/h5-6H,1-4,7,13H2. The van der Waals surface area contributed by atoms with Gasteiger partial charge in [-0.15, -0.1) is 0 Å². The van der Waals surface area contributed by atoms with Crippen LogP contribution in [0.4, 0.5) is 0 Å². The van der Waals surface area contributed by atoms with Gasteiger partial charge >= 0.3 is 0 Å². The summed E-state index contributed by atoms with van der Waals surface area (Å²) in [6.45, 7) is 0.467. The summed E-state index contributed by atoms with van der Waals surface area (Å²) in [7, 11) is 0. The molecule has 1 fully saturated rings. The topological polar surface area (TPSA) is 82.8 Å². The summed E-state index contributed by atoms with van der Waals surface area (Å²) < 4.78 is 7.90. The van der Waals surface area contributed by atoms with E-state index in [0.717, 1.165) is 30.2 Å². The number of aromatic nitrogens is 4. The molecule has 6 nitrogen and oxygen atoms in total. The van der Waals surface area contributed by atoms with Crippen LogP contribution in [0.15, 0.2) is 21.4 Å². The first-order valence-corrected chi connectivity index (χ1v) is 6.75. The Morgan fingerprint density at radius 2 is 2.22 bits per heavy atom. The molecule has 1 aliphatic rings. The Balaban J connectivity index is 1.77. The monoisotopic (exact) mass is 311 g/mol. The lowest BCUT2D eigenvalue weighted by Gasteiger charge is -2.17. The van der Waals surface area contributed by atoms with Gasteiger partial charge in [0.1, 0.15) is 6.54 Å². The molecule has 0 bridgehead atoms. The fourth-order valence-electron chi connectivity index (χ4n) is 2.31. The van der Waals surface area contributed by atoms with E-state index in [1.807, 2.05) is 6.20 Å². The zero-order chi connectivity index (χ0) is 12.6. The first-order chi connectivity index (χ1) is 8.66. The van der Waals surface area contributed by atoms with Crippen LogP contribution < -0.4 is 5.73 Å². The smallest absolute Gasteiger partial charge is 0.248 e. The summed E-state index contributed by atoms with van der Waals surface area (Å²) in [4.78, 5) is 4.39. The SMILES string of the molecule is NC1(c2noc(Cn3cc(Br)cn3)n2)CCCC1. The van der Waals surface area contributed by atoms with Crippen molar-refractivity contribution in [2.75, 3.05) is 0 Å². The number of nitrogens with zero attached hydrogens (tertiary/aromatic N) is 4. The van der Waals surface area contributed by atoms with Crippen LogP contribution in [-0.4, -0.2) is 19.9 Å². The molecular weight excluding hydrogens is 298 g/mol. The van der Waals surface area contributed by atoms with Crippen LogP contribution in [0.3, 0.4) is 0 Å². The molecule has 18 heavy (non-hydrogen) atoms. The van der Waals surface area contributed by atoms with Crippen LogP contribution in [0.1, 0.15) is 37.4 Å². The van der Waals surface area contributed by atoms with Gasteiger partial charge in [-0.3, -0.25) is 4.68 Å². The molecule has 0 saturated heterocycles. The molecule has 0 unspecified atom stereocenters. The summed E-state index contributed by atoms with van der Waals surface area (Å²) >= 11 is 3.34. The lowest BCUT2D eigenvalue weighted by Crippen LogP contribution is -2.34. The van der Waals surface area contributed by atoms with E-state index < -0.39 is 5.54 Å². The second-order valence-electron chi connectivity index (χ2n) is 4.73. The number of nitrogens with two attached hydrogens (primary N) is 1. The molecule has 0 spiro atoms. The van der Waals surface area contributed by atoms with Gasteiger partial charge in [0.15, 0.2) is 5.82 Å². The molecule has 1 saturated carbocycles. The van der Waals surface area contributed by atoms with Crippen molar-refractivity contribution in [2.24, 2.45) is 5.73 Å². The van der Waals surface area contributed by atoms with Gasteiger partial charge in [-0.2, -0.15) is 10.1 Å². The maximum absolute atomic E-state index is 6.28. The molecule has 96 valence electrons. The molecule has 2 aromatic rings. The van der Waals surface area contributed by atoms with Gasteiger partial charge in [0.05, 0.1) is 16.2 Å². The van der Waals surface area contributed by atoms with Crippen LogP contribution in [0.5, 0.6) is 0 Å². The van der Waals surface area contributed by atoms with E-state index in [-0.39, 0.29) is 0 Å². The second-order valence-corrected chi connectivity index (χ2v) is 5.65. The molecule has 2 aromatic heterocycles. The summed E-state index contributed by atoms with van der Waals surface area (Å²) in [5.41, 5.74) is 5.88. The summed E-state index contributed by atoms with van der Waals surface area (Å²) in [5, 5.41) is 8.15. The minimum atomic E-state index is -0.396. The normalized spacial score (nSPS) is 18.3. The highest BCUT2D eigenvalue weighted by atomic mass is 79.9. The maximum Gasteiger partial charge on any atom is 0.248 e. The van der Waals surface area contributed by atoms with Crippen LogP contribution in [0.25, 0.3) is 0 Å². The lowest BCUT2D eigenvalue weighted by atomic mass is 9.99. The van der Waals surface area contributed by atoms with Crippen molar-refractivity contribution in [2.45, 2.75) is 37.8 Å². The summed E-state index contributed by atoms with van der Waals surface area (Å²) in [5.74, 6) is 1.17. The molecule has 3 rings (SSSR count). The van der Waals surface area contributed by atoms with E-state index >= 15 is 0 Å². The molecular formula is C11H14BrN5O. The van der Waals surface area contributed by atoms with Gasteiger partial charge in [0, 0.05) is 6.20 Å². The largest absolute Gasteiger partial charge is 0.337 e. The molecule has 0 amide bonds. The van der Waals surface area contributed by atoms with E-state index in [2.05, 4.69) is 31.2 Å². The highest BCUT2D eigenvalue weighted by molar-refractivity contribution is 9.10. The Morgan fingerprint density at radius 1 is 1.44 bits per heavy atom. The van der Waals surface area contributed by atoms with Gasteiger partial charge in [-0.05, 0) is 28.8 Å². The third-order valence-electron chi connectivity index (χ3n) is 3.31. The Labute approximate surface area is 113 Å².